The third-order valence-electron chi connectivity index (χ3n) is 3.53. The third-order valence-corrected chi connectivity index (χ3v) is 13.7. The molecule has 18 heavy (non-hydrogen) atoms. The lowest BCUT2D eigenvalue weighted by Crippen LogP contribution is -2.14. The molecule has 2 aliphatic rings. The van der Waals surface area contributed by atoms with Crippen LogP contribution in [0.5, 0.6) is 0 Å². The molecule has 0 spiro atoms. The highest BCUT2D eigenvalue weighted by atomic mass is 127. The quantitative estimate of drug-likeness (QED) is 0.413. The Kier molecular flexibility index (Phi) is 2.37. The molecule has 0 N–H and O–H groups in total. The van der Waals surface area contributed by atoms with Gasteiger partial charge in [-0.25, -0.2) is 0 Å². The van der Waals surface area contributed by atoms with Gasteiger partial charge in [-0.3, -0.25) is 0 Å². The molecule has 0 radical (unpaired) electrons. The minimum absolute atomic E-state index is 0.873. The van der Waals surface area contributed by atoms with Crippen LogP contribution in [0.2, 0.25) is 0 Å². The SMILES string of the molecule is O=P1(I)c2cccc3c2-c2c1cccc2P3(=O)I. The number of benzene rings is 2. The van der Waals surface area contributed by atoms with Crippen molar-refractivity contribution >= 4 is 74.9 Å². The Balaban J connectivity index is 2.35. The molecular formula is C12H6I2O2P2. The van der Waals surface area contributed by atoms with E-state index >= 15 is 0 Å². The van der Waals surface area contributed by atoms with Gasteiger partial charge >= 0.3 is 0 Å². The highest BCUT2D eigenvalue weighted by Gasteiger charge is 2.48. The van der Waals surface area contributed by atoms with Gasteiger partial charge in [-0.05, 0) is 24.3 Å². The second kappa shape index (κ2) is 3.51. The van der Waals surface area contributed by atoms with Crippen LogP contribution in [0.1, 0.15) is 0 Å². The number of halogens is 2. The maximum absolute atomic E-state index is 12.9. The van der Waals surface area contributed by atoms with E-state index in [1.165, 1.54) is 0 Å². The van der Waals surface area contributed by atoms with Crippen LogP contribution in [-0.4, -0.2) is 0 Å². The van der Waals surface area contributed by atoms with E-state index in [1.807, 2.05) is 36.4 Å². The van der Waals surface area contributed by atoms with E-state index in [0.717, 1.165) is 32.3 Å². The summed E-state index contributed by atoms with van der Waals surface area (Å²) in [5.41, 5.74) is 1.97. The van der Waals surface area contributed by atoms with Crippen molar-refractivity contribution in [1.29, 1.82) is 0 Å². The minimum Gasteiger partial charge on any atom is -0.303 e. The molecule has 2 nitrogen and oxygen atoms in total. The first-order chi connectivity index (χ1) is 8.45. The van der Waals surface area contributed by atoms with E-state index in [1.54, 1.807) is 0 Å². The van der Waals surface area contributed by atoms with Crippen molar-refractivity contribution in [2.24, 2.45) is 0 Å². The zero-order valence-corrected chi connectivity index (χ0v) is 15.0. The molecule has 2 aromatic carbocycles. The molecule has 2 aromatic rings. The molecule has 90 valence electrons. The summed E-state index contributed by atoms with van der Waals surface area (Å²) in [6.45, 7) is 0. The highest BCUT2D eigenvalue weighted by molar-refractivity contribution is 14.2. The molecule has 4 rings (SSSR count). The Bertz CT molecular complexity index is 707. The fraction of sp³-hybridized carbons (Fsp3) is 0. The van der Waals surface area contributed by atoms with Crippen LogP contribution in [0.15, 0.2) is 36.4 Å². The number of hydrogen-bond acceptors (Lipinski definition) is 2. The van der Waals surface area contributed by atoms with Crippen LogP contribution in [0.25, 0.3) is 11.1 Å². The number of hydrogen-bond donors (Lipinski definition) is 0. The van der Waals surface area contributed by atoms with Crippen LogP contribution in [0, 0.1) is 0 Å². The fourth-order valence-corrected chi connectivity index (χ4v) is 11.5. The van der Waals surface area contributed by atoms with Gasteiger partial charge in [0.05, 0.1) is 0 Å². The second-order valence-corrected chi connectivity index (χ2v) is 16.6. The molecule has 0 bridgehead atoms. The van der Waals surface area contributed by atoms with Crippen molar-refractivity contribution in [1.82, 2.24) is 0 Å². The highest BCUT2D eigenvalue weighted by Crippen LogP contribution is 2.67. The molecular weight excluding hydrogens is 492 g/mol. The smallest absolute Gasteiger partial charge is 0.199 e. The summed E-state index contributed by atoms with van der Waals surface area (Å²) in [5.74, 6) is 0. The first kappa shape index (κ1) is 12.1. The lowest BCUT2D eigenvalue weighted by Gasteiger charge is -2.12. The zero-order chi connectivity index (χ0) is 12.7. The van der Waals surface area contributed by atoms with Gasteiger partial charge in [-0.1, -0.05) is 12.1 Å². The Hall–Kier alpha value is 0.360. The van der Waals surface area contributed by atoms with E-state index < -0.39 is 9.57 Å². The van der Waals surface area contributed by atoms with Crippen molar-refractivity contribution in [3.63, 3.8) is 0 Å². The molecule has 0 atom stereocenters. The average molecular weight is 498 g/mol. The van der Waals surface area contributed by atoms with E-state index in [-0.39, 0.29) is 0 Å². The van der Waals surface area contributed by atoms with Crippen LogP contribution in [0.4, 0.5) is 0 Å². The van der Waals surface area contributed by atoms with Gasteiger partial charge in [0.1, 0.15) is 0 Å². The Morgan fingerprint density at radius 2 is 0.944 bits per heavy atom. The predicted molar refractivity (Wildman–Crippen MR) is 93.7 cm³/mol. The Labute approximate surface area is 130 Å². The van der Waals surface area contributed by atoms with E-state index in [0.29, 0.717) is 0 Å². The van der Waals surface area contributed by atoms with Gasteiger partial charge < -0.3 is 9.13 Å². The van der Waals surface area contributed by atoms with Gasteiger partial charge in [-0.15, -0.1) is 0 Å². The van der Waals surface area contributed by atoms with Crippen molar-refractivity contribution in [3.8, 4) is 11.1 Å². The molecule has 0 saturated heterocycles. The largest absolute Gasteiger partial charge is 0.303 e. The normalized spacial score (nSPS) is 19.9. The van der Waals surface area contributed by atoms with E-state index in [9.17, 15) is 9.13 Å². The van der Waals surface area contributed by atoms with Gasteiger partial charge in [-0.2, -0.15) is 0 Å². The summed E-state index contributed by atoms with van der Waals surface area (Å²) in [7, 11) is 0. The first-order valence-electron chi connectivity index (χ1n) is 5.34. The van der Waals surface area contributed by atoms with Crippen molar-refractivity contribution in [2.45, 2.75) is 0 Å². The summed E-state index contributed by atoms with van der Waals surface area (Å²) in [6, 6.07) is 11.4. The molecule has 2 heterocycles. The lowest BCUT2D eigenvalue weighted by molar-refractivity contribution is 0.597. The lowest BCUT2D eigenvalue weighted by atomic mass is 10.1. The standard InChI is InChI=1S/C12H6I2O2P2/c13-17(15)7-3-1-4-8-11(7)12-9(17)5-2-6-10(12)18(8,14)16/h1-6H. The summed E-state index contributed by atoms with van der Waals surface area (Å²) in [4.78, 5) is -5.04. The summed E-state index contributed by atoms with van der Waals surface area (Å²) >= 11 is 4.14. The molecule has 6 heteroatoms. The molecule has 0 aliphatic carbocycles. The van der Waals surface area contributed by atoms with Crippen LogP contribution in [-0.2, 0) is 9.13 Å². The maximum Gasteiger partial charge on any atom is 0.199 e. The topological polar surface area (TPSA) is 34.1 Å². The van der Waals surface area contributed by atoms with Gasteiger partial charge in [0.25, 0.3) is 0 Å². The predicted octanol–water partition coefficient (Wildman–Crippen LogP) is 3.31. The Morgan fingerprint density at radius 3 is 1.22 bits per heavy atom. The van der Waals surface area contributed by atoms with Crippen molar-refractivity contribution < 1.29 is 9.13 Å². The number of rotatable bonds is 0. The minimum atomic E-state index is -2.52. The molecule has 0 unspecified atom stereocenters. The maximum atomic E-state index is 12.9. The molecule has 0 fully saturated rings. The van der Waals surface area contributed by atoms with Crippen LogP contribution >= 0.6 is 53.7 Å². The van der Waals surface area contributed by atoms with Crippen molar-refractivity contribution in [3.05, 3.63) is 36.4 Å². The van der Waals surface area contributed by atoms with Crippen LogP contribution < -0.4 is 21.2 Å². The molecule has 0 saturated carbocycles. The molecule has 0 aromatic heterocycles. The van der Waals surface area contributed by atoms with Gasteiger partial charge in [0, 0.05) is 76.4 Å². The monoisotopic (exact) mass is 498 g/mol. The average Bonchev–Trinajstić information content (AvgIpc) is 2.72. The second-order valence-electron chi connectivity index (χ2n) is 4.41. The van der Waals surface area contributed by atoms with Gasteiger partial charge in [0.15, 0.2) is 9.57 Å². The summed E-state index contributed by atoms with van der Waals surface area (Å²) < 4.78 is 25.9. The third kappa shape index (κ3) is 1.22. The van der Waals surface area contributed by atoms with Gasteiger partial charge in [0.2, 0.25) is 0 Å². The first-order valence-corrected chi connectivity index (χ1v) is 14.3. The molecule has 2 aliphatic heterocycles. The fourth-order valence-electron chi connectivity index (χ4n) is 2.79. The summed E-state index contributed by atoms with van der Waals surface area (Å²) in [6.07, 6.45) is 0. The van der Waals surface area contributed by atoms with E-state index in [4.69, 9.17) is 0 Å². The Morgan fingerprint density at radius 1 is 0.667 bits per heavy atom. The van der Waals surface area contributed by atoms with Crippen molar-refractivity contribution in [2.75, 3.05) is 0 Å². The molecule has 0 amide bonds. The zero-order valence-electron chi connectivity index (χ0n) is 8.93. The van der Waals surface area contributed by atoms with E-state index in [2.05, 4.69) is 44.1 Å². The summed E-state index contributed by atoms with van der Waals surface area (Å²) in [5, 5.41) is 3.49. The van der Waals surface area contributed by atoms with Crippen LogP contribution in [0.3, 0.4) is 0 Å².